The molecule has 0 radical (unpaired) electrons. The summed E-state index contributed by atoms with van der Waals surface area (Å²) in [6.45, 7) is 2.77. The Labute approximate surface area is 178 Å². The maximum absolute atomic E-state index is 14.6. The first kappa shape index (κ1) is 21.5. The number of rotatable bonds is 8. The smallest absolute Gasteiger partial charge is 0.165 e. The Kier molecular flexibility index (Phi) is 6.58. The van der Waals surface area contributed by atoms with Crippen molar-refractivity contribution in [2.24, 2.45) is 10.9 Å². The second kappa shape index (κ2) is 9.18. The Morgan fingerprint density at radius 1 is 1.27 bits per heavy atom. The number of ether oxygens (including phenoxy) is 2. The summed E-state index contributed by atoms with van der Waals surface area (Å²) in [5.74, 6) is -0.174. The molecular formula is C23H30FNO4S. The summed E-state index contributed by atoms with van der Waals surface area (Å²) < 4.78 is 50.9. The van der Waals surface area contributed by atoms with E-state index in [1.165, 1.54) is 6.07 Å². The van der Waals surface area contributed by atoms with E-state index in [0.717, 1.165) is 43.2 Å². The van der Waals surface area contributed by atoms with E-state index in [2.05, 4.69) is 11.1 Å². The molecule has 2 heterocycles. The average molecular weight is 436 g/mol. The van der Waals surface area contributed by atoms with Gasteiger partial charge in [-0.25, -0.2) is 12.8 Å². The number of nitrogens with zero attached hydrogens (tertiary/aromatic N) is 1. The first-order chi connectivity index (χ1) is 14.4. The lowest BCUT2D eigenvalue weighted by Gasteiger charge is -2.31. The largest absolute Gasteiger partial charge is 0.488 e. The molecular weight excluding hydrogens is 405 g/mol. The molecule has 0 N–H and O–H groups in total. The molecule has 1 saturated heterocycles. The molecule has 0 bridgehead atoms. The van der Waals surface area contributed by atoms with Crippen molar-refractivity contribution in [3.63, 3.8) is 0 Å². The van der Waals surface area contributed by atoms with Crippen molar-refractivity contribution < 1.29 is 22.3 Å². The van der Waals surface area contributed by atoms with Crippen molar-refractivity contribution in [1.82, 2.24) is 0 Å². The van der Waals surface area contributed by atoms with E-state index in [-0.39, 0.29) is 41.4 Å². The molecule has 0 spiro atoms. The van der Waals surface area contributed by atoms with Crippen LogP contribution in [-0.4, -0.2) is 51.0 Å². The molecule has 5 nitrogen and oxygen atoms in total. The Morgan fingerprint density at radius 2 is 2.10 bits per heavy atom. The van der Waals surface area contributed by atoms with Gasteiger partial charge in [-0.2, -0.15) is 0 Å². The maximum atomic E-state index is 14.6. The predicted molar refractivity (Wildman–Crippen MR) is 116 cm³/mol. The average Bonchev–Trinajstić information content (AvgIpc) is 3.56. The normalized spacial score (nSPS) is 27.0. The molecule has 1 aromatic carbocycles. The van der Waals surface area contributed by atoms with E-state index in [9.17, 15) is 12.8 Å². The van der Waals surface area contributed by atoms with Gasteiger partial charge in [-0.15, -0.1) is 0 Å². The molecule has 0 unspecified atom stereocenters. The summed E-state index contributed by atoms with van der Waals surface area (Å²) in [5.41, 5.74) is 2.05. The number of dihydropyridines is 1. The lowest BCUT2D eigenvalue weighted by Crippen LogP contribution is -2.39. The quantitative estimate of drug-likeness (QED) is 0.621. The van der Waals surface area contributed by atoms with Crippen LogP contribution in [0.5, 0.6) is 5.75 Å². The van der Waals surface area contributed by atoms with E-state index in [4.69, 9.17) is 9.47 Å². The third kappa shape index (κ3) is 5.49. The summed E-state index contributed by atoms with van der Waals surface area (Å²) in [6.07, 6.45) is 8.45. The highest BCUT2D eigenvalue weighted by Crippen LogP contribution is 2.33. The number of hydrogen-bond donors (Lipinski definition) is 0. The monoisotopic (exact) mass is 435 g/mol. The number of halogens is 1. The molecule has 1 aliphatic carbocycles. The minimum Gasteiger partial charge on any atom is -0.488 e. The third-order valence-corrected chi connectivity index (χ3v) is 8.51. The first-order valence-electron chi connectivity index (χ1n) is 10.8. The van der Waals surface area contributed by atoms with Crippen molar-refractivity contribution in [1.29, 1.82) is 0 Å². The minimum atomic E-state index is -3.06. The van der Waals surface area contributed by atoms with Crippen LogP contribution < -0.4 is 4.74 Å². The van der Waals surface area contributed by atoms with Crippen molar-refractivity contribution in [3.05, 3.63) is 41.2 Å². The van der Waals surface area contributed by atoms with Crippen LogP contribution in [0.25, 0.3) is 0 Å². The van der Waals surface area contributed by atoms with E-state index >= 15 is 0 Å². The zero-order chi connectivity index (χ0) is 21.1. The standard InChI is InChI=1S/C23H30FNO4S/c1-16-4-6-19(25-13-16)11-17-5-9-22(21(24)12-17)29-14-23-18(3-2-10-28-23)15-30(26,27)20-7-8-20/h4-5,9,12-13,18-20,23H,2-3,6-8,10-11,14-15H2,1H3/t18-,19-,23-/m1/s1. The molecule has 3 atom stereocenters. The zero-order valence-corrected chi connectivity index (χ0v) is 18.2. The van der Waals surface area contributed by atoms with Crippen LogP contribution in [0, 0.1) is 11.7 Å². The fourth-order valence-electron chi connectivity index (χ4n) is 4.17. The Morgan fingerprint density at radius 3 is 2.80 bits per heavy atom. The number of benzene rings is 1. The Bertz CT molecular complexity index is 923. The zero-order valence-electron chi connectivity index (χ0n) is 17.4. The molecule has 2 aliphatic heterocycles. The summed E-state index contributed by atoms with van der Waals surface area (Å²) in [7, 11) is -3.06. The summed E-state index contributed by atoms with van der Waals surface area (Å²) in [5, 5.41) is -0.168. The molecule has 3 aliphatic rings. The fourth-order valence-corrected chi connectivity index (χ4v) is 6.27. The highest BCUT2D eigenvalue weighted by Gasteiger charge is 2.39. The topological polar surface area (TPSA) is 65.0 Å². The Hall–Kier alpha value is -1.73. The van der Waals surface area contributed by atoms with E-state index < -0.39 is 15.7 Å². The van der Waals surface area contributed by atoms with Crippen LogP contribution in [0.4, 0.5) is 4.39 Å². The summed E-state index contributed by atoms with van der Waals surface area (Å²) in [4.78, 5) is 4.50. The molecule has 1 saturated carbocycles. The van der Waals surface area contributed by atoms with Crippen molar-refractivity contribution >= 4 is 16.1 Å². The van der Waals surface area contributed by atoms with Gasteiger partial charge in [0, 0.05) is 18.7 Å². The van der Waals surface area contributed by atoms with Gasteiger partial charge in [0.25, 0.3) is 0 Å². The molecule has 0 aromatic heterocycles. The SMILES string of the molecule is CC1=CC[C@H](Cc2ccc(OC[C@H]3OCCC[C@@H]3CS(=O)(=O)C3CC3)c(F)c2)N=C1. The number of sulfone groups is 1. The van der Waals surface area contributed by atoms with E-state index in [1.54, 1.807) is 6.07 Å². The lowest BCUT2D eigenvalue weighted by atomic mass is 9.97. The molecule has 164 valence electrons. The predicted octanol–water partition coefficient (Wildman–Crippen LogP) is 3.91. The maximum Gasteiger partial charge on any atom is 0.165 e. The van der Waals surface area contributed by atoms with Crippen molar-refractivity contribution in [3.8, 4) is 5.75 Å². The van der Waals surface area contributed by atoms with Gasteiger partial charge in [0.1, 0.15) is 6.61 Å². The molecule has 30 heavy (non-hydrogen) atoms. The first-order valence-corrected chi connectivity index (χ1v) is 12.6. The second-order valence-corrected chi connectivity index (χ2v) is 11.1. The fraction of sp³-hybridized carbons (Fsp3) is 0.609. The van der Waals surface area contributed by atoms with E-state index in [0.29, 0.717) is 13.0 Å². The van der Waals surface area contributed by atoms with Crippen LogP contribution in [0.15, 0.2) is 34.8 Å². The molecule has 1 aromatic rings. The minimum absolute atomic E-state index is 0.0904. The second-order valence-electron chi connectivity index (χ2n) is 8.74. The van der Waals surface area contributed by atoms with Gasteiger partial charge in [-0.05, 0) is 68.7 Å². The summed E-state index contributed by atoms with van der Waals surface area (Å²) >= 11 is 0. The van der Waals surface area contributed by atoms with Crippen molar-refractivity contribution in [2.45, 2.75) is 62.8 Å². The summed E-state index contributed by atoms with van der Waals surface area (Å²) in [6, 6.07) is 5.17. The van der Waals surface area contributed by atoms with Gasteiger partial charge < -0.3 is 9.47 Å². The molecule has 4 rings (SSSR count). The van der Waals surface area contributed by atoms with Gasteiger partial charge >= 0.3 is 0 Å². The molecule has 0 amide bonds. The van der Waals surface area contributed by atoms with Crippen LogP contribution >= 0.6 is 0 Å². The third-order valence-electron chi connectivity index (χ3n) is 6.13. The number of allylic oxidation sites excluding steroid dienone is 1. The lowest BCUT2D eigenvalue weighted by molar-refractivity contribution is -0.0433. The van der Waals surface area contributed by atoms with Gasteiger partial charge in [0.05, 0.1) is 23.1 Å². The van der Waals surface area contributed by atoms with Gasteiger partial charge in [0.15, 0.2) is 21.4 Å². The highest BCUT2D eigenvalue weighted by atomic mass is 32.2. The highest BCUT2D eigenvalue weighted by molar-refractivity contribution is 7.92. The number of aliphatic imine (C=N–C) groups is 1. The van der Waals surface area contributed by atoms with Gasteiger partial charge in [-0.1, -0.05) is 12.1 Å². The van der Waals surface area contributed by atoms with Crippen LogP contribution in [0.2, 0.25) is 0 Å². The van der Waals surface area contributed by atoms with Gasteiger partial charge in [-0.3, -0.25) is 4.99 Å². The molecule has 2 fully saturated rings. The van der Waals surface area contributed by atoms with Crippen LogP contribution in [0.1, 0.15) is 44.6 Å². The van der Waals surface area contributed by atoms with Crippen LogP contribution in [0.3, 0.4) is 0 Å². The van der Waals surface area contributed by atoms with Gasteiger partial charge in [0.2, 0.25) is 0 Å². The molecule has 7 heteroatoms. The van der Waals surface area contributed by atoms with Crippen LogP contribution in [-0.2, 0) is 21.0 Å². The van der Waals surface area contributed by atoms with E-state index in [1.807, 2.05) is 19.2 Å². The number of hydrogen-bond acceptors (Lipinski definition) is 5. The Balaban J connectivity index is 1.33. The van der Waals surface area contributed by atoms with Crippen molar-refractivity contribution in [2.75, 3.05) is 19.0 Å².